The summed E-state index contributed by atoms with van der Waals surface area (Å²) in [6, 6.07) is 15.4. The molecule has 3 heterocycles. The highest BCUT2D eigenvalue weighted by atomic mass is 32.2. The summed E-state index contributed by atoms with van der Waals surface area (Å²) in [5.41, 5.74) is 3.25. The molecule has 2 fully saturated rings. The Kier molecular flexibility index (Phi) is 9.96. The summed E-state index contributed by atoms with van der Waals surface area (Å²) >= 11 is 1.49. The number of aromatic nitrogens is 2. The van der Waals surface area contributed by atoms with Crippen molar-refractivity contribution in [3.63, 3.8) is 0 Å². The van der Waals surface area contributed by atoms with Gasteiger partial charge in [-0.1, -0.05) is 60.3 Å². The van der Waals surface area contributed by atoms with Crippen LogP contribution in [0.25, 0.3) is 0 Å². The first-order chi connectivity index (χ1) is 20.7. The van der Waals surface area contributed by atoms with E-state index in [4.69, 9.17) is 9.47 Å². The summed E-state index contributed by atoms with van der Waals surface area (Å²) in [6.07, 6.45) is -1.64. The van der Waals surface area contributed by atoms with E-state index >= 15 is 0 Å². The summed E-state index contributed by atoms with van der Waals surface area (Å²) in [5.74, 6) is -2.00. The second-order valence-corrected chi connectivity index (χ2v) is 11.3. The van der Waals surface area contributed by atoms with Crippen LogP contribution in [0.1, 0.15) is 53.9 Å². The zero-order valence-corrected chi connectivity index (χ0v) is 23.9. The number of alkyl halides is 3. The molecule has 3 aromatic rings. The van der Waals surface area contributed by atoms with Crippen LogP contribution in [0.2, 0.25) is 0 Å². The Labute approximate surface area is 250 Å². The number of ether oxygens (including phenoxy) is 2. The number of hydrogen-bond donors (Lipinski definition) is 2. The molecule has 228 valence electrons. The quantitative estimate of drug-likeness (QED) is 0.268. The molecule has 4 atom stereocenters. The monoisotopic (exact) mass is 616 g/mol. The minimum absolute atomic E-state index is 0.0503. The van der Waals surface area contributed by atoms with Gasteiger partial charge in [-0.15, -0.1) is 0 Å². The zero-order chi connectivity index (χ0) is 30.4. The fourth-order valence-electron chi connectivity index (χ4n) is 5.10. The lowest BCUT2D eigenvalue weighted by atomic mass is 10.0. The fraction of sp³-hybridized carbons (Fsp3) is 0.400. The SMILES string of the molecule is O=C(NCc1ccc([C@@H]2O[C@H](CSc3ncccn3)C[C@H](c3ccc(CO)cc3)O2)cc1)[C@@H]1CCCN1C(=O)C(F)(F)F. The van der Waals surface area contributed by atoms with E-state index in [1.165, 1.54) is 11.8 Å². The molecular formula is C30H31F3N4O5S. The number of carbonyl (C=O) groups excluding carboxylic acids is 2. The molecule has 0 radical (unpaired) electrons. The van der Waals surface area contributed by atoms with Crippen molar-refractivity contribution in [2.45, 2.75) is 68.3 Å². The van der Waals surface area contributed by atoms with Crippen molar-refractivity contribution in [3.8, 4) is 0 Å². The van der Waals surface area contributed by atoms with E-state index in [2.05, 4.69) is 15.3 Å². The third-order valence-electron chi connectivity index (χ3n) is 7.33. The molecule has 2 aliphatic rings. The first-order valence-electron chi connectivity index (χ1n) is 13.9. The van der Waals surface area contributed by atoms with Gasteiger partial charge in [-0.3, -0.25) is 9.59 Å². The summed E-state index contributed by atoms with van der Waals surface area (Å²) in [5, 5.41) is 12.7. The zero-order valence-electron chi connectivity index (χ0n) is 23.1. The maximum absolute atomic E-state index is 12.9. The van der Waals surface area contributed by atoms with E-state index in [9.17, 15) is 27.9 Å². The van der Waals surface area contributed by atoms with Crippen LogP contribution in [0.5, 0.6) is 0 Å². The number of hydrogen-bond acceptors (Lipinski definition) is 8. The molecule has 13 heteroatoms. The Morgan fingerprint density at radius 2 is 1.67 bits per heavy atom. The smallest absolute Gasteiger partial charge is 0.392 e. The first-order valence-corrected chi connectivity index (χ1v) is 14.8. The van der Waals surface area contributed by atoms with Gasteiger partial charge in [0.15, 0.2) is 11.4 Å². The third-order valence-corrected chi connectivity index (χ3v) is 8.34. The van der Waals surface area contributed by atoms with Crippen LogP contribution in [-0.2, 0) is 32.2 Å². The average Bonchev–Trinajstić information content (AvgIpc) is 3.52. The molecule has 9 nitrogen and oxygen atoms in total. The number of halogens is 3. The molecule has 2 N–H and O–H groups in total. The lowest BCUT2D eigenvalue weighted by Crippen LogP contribution is -2.50. The van der Waals surface area contributed by atoms with Gasteiger partial charge in [-0.25, -0.2) is 9.97 Å². The predicted molar refractivity (Wildman–Crippen MR) is 150 cm³/mol. The molecule has 2 saturated heterocycles. The van der Waals surface area contributed by atoms with E-state index in [-0.39, 0.29) is 38.3 Å². The Bertz CT molecular complexity index is 1380. The van der Waals surface area contributed by atoms with Gasteiger partial charge >= 0.3 is 12.1 Å². The van der Waals surface area contributed by atoms with Crippen LogP contribution in [0.15, 0.2) is 72.1 Å². The third kappa shape index (κ3) is 7.91. The molecule has 2 aliphatic heterocycles. The van der Waals surface area contributed by atoms with Crippen LogP contribution in [-0.4, -0.2) is 62.4 Å². The molecule has 2 amide bonds. The number of nitrogens with zero attached hydrogens (tertiary/aromatic N) is 3. The molecule has 0 saturated carbocycles. The van der Waals surface area contributed by atoms with Crippen molar-refractivity contribution in [1.29, 1.82) is 0 Å². The Hall–Kier alpha value is -3.52. The molecule has 0 unspecified atom stereocenters. The molecular weight excluding hydrogens is 585 g/mol. The number of carbonyl (C=O) groups is 2. The average molecular weight is 617 g/mol. The molecule has 43 heavy (non-hydrogen) atoms. The van der Waals surface area contributed by atoms with Gasteiger partial charge in [0, 0.05) is 43.2 Å². The van der Waals surface area contributed by atoms with Crippen molar-refractivity contribution in [1.82, 2.24) is 20.2 Å². The van der Waals surface area contributed by atoms with Gasteiger partial charge in [0.1, 0.15) is 6.04 Å². The number of benzene rings is 2. The number of thioether (sulfide) groups is 1. The first kappa shape index (κ1) is 30.9. The van der Waals surface area contributed by atoms with Gasteiger partial charge in [0.05, 0.1) is 18.8 Å². The number of likely N-dealkylation sites (tertiary alicyclic amines) is 1. The van der Waals surface area contributed by atoms with E-state index in [0.717, 1.165) is 22.3 Å². The molecule has 0 bridgehead atoms. The highest BCUT2D eigenvalue weighted by molar-refractivity contribution is 7.99. The maximum atomic E-state index is 12.9. The van der Waals surface area contributed by atoms with Crippen LogP contribution in [0, 0.1) is 0 Å². The van der Waals surface area contributed by atoms with Crippen molar-refractivity contribution < 1.29 is 37.3 Å². The number of amides is 2. The fourth-order valence-corrected chi connectivity index (χ4v) is 5.92. The summed E-state index contributed by atoms with van der Waals surface area (Å²) in [7, 11) is 0. The summed E-state index contributed by atoms with van der Waals surface area (Å²) in [4.78, 5) is 33.5. The van der Waals surface area contributed by atoms with Gasteiger partial charge in [0.25, 0.3) is 0 Å². The Morgan fingerprint density at radius 1 is 1.00 bits per heavy atom. The van der Waals surface area contributed by atoms with Crippen molar-refractivity contribution >= 4 is 23.6 Å². The molecule has 1 aromatic heterocycles. The topological polar surface area (TPSA) is 114 Å². The Morgan fingerprint density at radius 3 is 2.35 bits per heavy atom. The van der Waals surface area contributed by atoms with Crippen molar-refractivity contribution in [2.75, 3.05) is 12.3 Å². The van der Waals surface area contributed by atoms with E-state index in [1.807, 2.05) is 36.4 Å². The normalized spacial score (nSPS) is 22.4. The maximum Gasteiger partial charge on any atom is 0.471 e. The second kappa shape index (κ2) is 13.8. The number of nitrogens with one attached hydrogen (secondary N) is 1. The predicted octanol–water partition coefficient (Wildman–Crippen LogP) is 4.48. The molecule has 2 aromatic carbocycles. The van der Waals surface area contributed by atoms with Gasteiger partial charge in [-0.2, -0.15) is 13.2 Å². The lowest BCUT2D eigenvalue weighted by molar-refractivity contribution is -0.245. The van der Waals surface area contributed by atoms with Crippen molar-refractivity contribution in [2.24, 2.45) is 0 Å². The Balaban J connectivity index is 1.23. The van der Waals surface area contributed by atoms with Crippen LogP contribution in [0.4, 0.5) is 13.2 Å². The van der Waals surface area contributed by atoms with Gasteiger partial charge < -0.3 is 24.8 Å². The number of rotatable bonds is 9. The van der Waals surface area contributed by atoms with E-state index in [1.54, 1.807) is 30.6 Å². The van der Waals surface area contributed by atoms with Gasteiger partial charge in [-0.05, 0) is 35.6 Å². The van der Waals surface area contributed by atoms with Crippen LogP contribution in [0.3, 0.4) is 0 Å². The second-order valence-electron chi connectivity index (χ2n) is 10.3. The molecule has 0 spiro atoms. The van der Waals surface area contributed by atoms with Crippen LogP contribution < -0.4 is 5.32 Å². The largest absolute Gasteiger partial charge is 0.471 e. The van der Waals surface area contributed by atoms with Gasteiger partial charge in [0.2, 0.25) is 5.91 Å². The summed E-state index contributed by atoms with van der Waals surface area (Å²) < 4.78 is 51.4. The standard InChI is InChI=1S/C30H31F3N4O5S/c31-30(32,33)28(40)37-14-1-3-24(37)26(39)36-16-19-4-10-22(11-5-19)27-41-23(18-43-29-34-12-2-13-35-29)15-25(42-27)21-8-6-20(17-38)7-9-21/h2,4-13,23-25,27,38H,1,3,14-18H2,(H,36,39)/t23-,24-,25+,27+/m0/s1. The lowest BCUT2D eigenvalue weighted by Gasteiger charge is -2.36. The number of aliphatic hydroxyl groups excluding tert-OH is 1. The van der Waals surface area contributed by atoms with E-state index < -0.39 is 30.3 Å². The molecule has 5 rings (SSSR count). The number of aliphatic hydroxyl groups is 1. The minimum Gasteiger partial charge on any atom is -0.392 e. The van der Waals surface area contributed by atoms with E-state index in [0.29, 0.717) is 28.7 Å². The van der Waals surface area contributed by atoms with Crippen molar-refractivity contribution in [3.05, 3.63) is 89.2 Å². The van der Waals surface area contributed by atoms with Crippen LogP contribution >= 0.6 is 11.8 Å². The molecule has 0 aliphatic carbocycles. The highest BCUT2D eigenvalue weighted by Crippen LogP contribution is 2.39. The minimum atomic E-state index is -5.02. The highest BCUT2D eigenvalue weighted by Gasteiger charge is 2.47. The summed E-state index contributed by atoms with van der Waals surface area (Å²) in [6.45, 7) is -0.0611.